The van der Waals surface area contributed by atoms with Gasteiger partial charge in [0.2, 0.25) is 23.6 Å². The topological polar surface area (TPSA) is 126 Å². The summed E-state index contributed by atoms with van der Waals surface area (Å²) in [7, 11) is 0. The van der Waals surface area contributed by atoms with Crippen LogP contribution in [0.5, 0.6) is 11.8 Å². The van der Waals surface area contributed by atoms with E-state index in [-0.39, 0.29) is 36.0 Å². The van der Waals surface area contributed by atoms with Crippen molar-refractivity contribution < 1.29 is 19.1 Å². The third-order valence-electron chi connectivity index (χ3n) is 9.53. The molecule has 0 bridgehead atoms. The predicted molar refractivity (Wildman–Crippen MR) is 183 cm³/mol. The molecule has 0 spiro atoms. The molecule has 4 atom stereocenters. The predicted octanol–water partition coefficient (Wildman–Crippen LogP) is 5.39. The zero-order chi connectivity index (χ0) is 32.8. The van der Waals surface area contributed by atoms with Crippen molar-refractivity contribution in [1.82, 2.24) is 31.2 Å². The summed E-state index contributed by atoms with van der Waals surface area (Å²) in [5.41, 5.74) is 6.48. The van der Waals surface area contributed by atoms with Crippen molar-refractivity contribution in [2.45, 2.75) is 49.9 Å². The molecular formula is C36H34Cl2N6O4. The van der Waals surface area contributed by atoms with Gasteiger partial charge >= 0.3 is 0 Å². The van der Waals surface area contributed by atoms with Gasteiger partial charge in [-0.25, -0.2) is 9.97 Å². The van der Waals surface area contributed by atoms with Gasteiger partial charge in [0.05, 0.1) is 33.5 Å². The van der Waals surface area contributed by atoms with Gasteiger partial charge in [0.1, 0.15) is 13.2 Å². The van der Waals surface area contributed by atoms with Crippen LogP contribution in [0, 0.1) is 0 Å². The number of carbonyl (C=O) groups excluding carboxylic acids is 2. The van der Waals surface area contributed by atoms with E-state index in [0.29, 0.717) is 72.3 Å². The van der Waals surface area contributed by atoms with Crippen molar-refractivity contribution in [3.8, 4) is 45.4 Å². The van der Waals surface area contributed by atoms with Crippen molar-refractivity contribution in [3.05, 3.63) is 81.8 Å². The number of amides is 2. The van der Waals surface area contributed by atoms with Crippen LogP contribution in [-0.2, 0) is 9.59 Å². The first-order valence-electron chi connectivity index (χ1n) is 16.3. The molecule has 246 valence electrons. The van der Waals surface area contributed by atoms with E-state index in [0.717, 1.165) is 46.2 Å². The molecule has 10 nitrogen and oxygen atoms in total. The van der Waals surface area contributed by atoms with Crippen LogP contribution in [0.3, 0.4) is 0 Å². The first kappa shape index (κ1) is 31.1. The van der Waals surface area contributed by atoms with Crippen LogP contribution in [0.4, 0.5) is 0 Å². The maximum absolute atomic E-state index is 11.6. The Morgan fingerprint density at radius 1 is 0.646 bits per heavy atom. The van der Waals surface area contributed by atoms with Crippen LogP contribution in [0.25, 0.3) is 33.6 Å². The molecule has 2 amide bonds. The molecule has 4 N–H and O–H groups in total. The molecule has 4 aromatic rings. The smallest absolute Gasteiger partial charge is 0.220 e. The normalized spacial score (nSPS) is 22.5. The molecule has 6 heterocycles. The standard InChI is InChI=1S/C36H34Cl2N6O4/c37-33-21(3-1-5-23(33)27-11-9-25-29(17-47-35(25)43-27)39-15-19-7-13-31(45)41-19)22-4-2-6-24(34(22)38)28-12-10-26-30(18-48-36(26)44-28)40-16-20-8-14-32(46)42-20/h1-6,9-12,19-20,29-30,39-40H,7-8,13-18H2,(H,41,45)(H,42,46)/t19-,20+,29-,30-/m0/s1. The molecule has 12 heteroatoms. The number of pyridine rings is 2. The molecule has 2 aromatic heterocycles. The van der Waals surface area contributed by atoms with E-state index < -0.39 is 0 Å². The number of halogens is 2. The molecule has 4 aliphatic heterocycles. The summed E-state index contributed by atoms with van der Waals surface area (Å²) in [5.74, 6) is 1.37. The second-order valence-corrected chi connectivity index (χ2v) is 13.4. The van der Waals surface area contributed by atoms with E-state index in [1.54, 1.807) is 0 Å². The zero-order valence-corrected chi connectivity index (χ0v) is 27.5. The highest BCUT2D eigenvalue weighted by molar-refractivity contribution is 6.39. The summed E-state index contributed by atoms with van der Waals surface area (Å²) >= 11 is 14.2. The van der Waals surface area contributed by atoms with Crippen molar-refractivity contribution in [1.29, 1.82) is 0 Å². The lowest BCUT2D eigenvalue weighted by atomic mass is 9.97. The van der Waals surface area contributed by atoms with E-state index in [2.05, 4.69) is 21.3 Å². The zero-order valence-electron chi connectivity index (χ0n) is 26.0. The number of hydrogen-bond acceptors (Lipinski definition) is 8. The van der Waals surface area contributed by atoms with Gasteiger partial charge in [-0.2, -0.15) is 0 Å². The lowest BCUT2D eigenvalue weighted by Gasteiger charge is -2.16. The Bertz CT molecular complexity index is 1780. The minimum atomic E-state index is 0.00366. The summed E-state index contributed by atoms with van der Waals surface area (Å²) < 4.78 is 11.9. The van der Waals surface area contributed by atoms with Gasteiger partial charge in [-0.3, -0.25) is 9.59 Å². The number of fused-ring (bicyclic) bond motifs is 2. The highest BCUT2D eigenvalue weighted by Gasteiger charge is 2.30. The number of ether oxygens (including phenoxy) is 2. The van der Waals surface area contributed by atoms with Gasteiger partial charge in [-0.15, -0.1) is 0 Å². The maximum Gasteiger partial charge on any atom is 0.220 e. The Morgan fingerprint density at radius 2 is 1.08 bits per heavy atom. The van der Waals surface area contributed by atoms with Crippen LogP contribution in [-0.4, -0.2) is 60.2 Å². The number of nitrogens with one attached hydrogen (secondary N) is 4. The minimum Gasteiger partial charge on any atom is -0.475 e. The SMILES string of the molecule is O=C1CC[C@H](CN[C@H]2COc3nc(-c4cccc(-c5cccc(-c6ccc7c(n6)OC[C@@H]7NC[C@@H]6CCC(=O)N6)c5Cl)c4Cl)ccc32)N1. The van der Waals surface area contributed by atoms with Crippen molar-refractivity contribution in [3.63, 3.8) is 0 Å². The molecule has 48 heavy (non-hydrogen) atoms. The number of carbonyl (C=O) groups is 2. The molecule has 2 saturated heterocycles. The number of aromatic nitrogens is 2. The van der Waals surface area contributed by atoms with E-state index in [1.165, 1.54) is 0 Å². The summed E-state index contributed by atoms with van der Waals surface area (Å²) in [6.07, 6.45) is 2.83. The summed E-state index contributed by atoms with van der Waals surface area (Å²) in [6.45, 7) is 2.31. The molecule has 0 saturated carbocycles. The van der Waals surface area contributed by atoms with Crippen LogP contribution in [0.1, 0.15) is 48.9 Å². The maximum atomic E-state index is 11.6. The largest absolute Gasteiger partial charge is 0.475 e. The average Bonchev–Trinajstić information content (AvgIpc) is 3.90. The third kappa shape index (κ3) is 5.98. The van der Waals surface area contributed by atoms with Crippen LogP contribution >= 0.6 is 23.2 Å². The molecule has 4 aliphatic rings. The van der Waals surface area contributed by atoms with Crippen molar-refractivity contribution in [2.75, 3.05) is 26.3 Å². The van der Waals surface area contributed by atoms with Gasteiger partial charge in [0, 0.05) is 71.4 Å². The van der Waals surface area contributed by atoms with Crippen LogP contribution in [0.2, 0.25) is 10.0 Å². The molecule has 0 aliphatic carbocycles. The van der Waals surface area contributed by atoms with Gasteiger partial charge in [-0.1, -0.05) is 59.6 Å². The Balaban J connectivity index is 1.01. The second-order valence-electron chi connectivity index (χ2n) is 12.7. The Morgan fingerprint density at radius 3 is 1.50 bits per heavy atom. The fourth-order valence-electron chi connectivity index (χ4n) is 6.91. The van der Waals surface area contributed by atoms with E-state index in [9.17, 15) is 9.59 Å². The summed E-state index contributed by atoms with van der Waals surface area (Å²) in [4.78, 5) is 32.8. The Hall–Kier alpha value is -4.22. The van der Waals surface area contributed by atoms with Gasteiger partial charge in [-0.05, 0) is 37.1 Å². The Kier molecular flexibility index (Phi) is 8.42. The average molecular weight is 686 g/mol. The van der Waals surface area contributed by atoms with Gasteiger partial charge in [0.25, 0.3) is 0 Å². The highest BCUT2D eigenvalue weighted by Crippen LogP contribution is 2.43. The van der Waals surface area contributed by atoms with Crippen LogP contribution < -0.4 is 30.7 Å². The second kappa shape index (κ2) is 13.0. The Labute approximate surface area is 287 Å². The molecule has 0 unspecified atom stereocenters. The van der Waals surface area contributed by atoms with E-state index in [4.69, 9.17) is 42.6 Å². The monoisotopic (exact) mass is 684 g/mol. The highest BCUT2D eigenvalue weighted by atomic mass is 35.5. The minimum absolute atomic E-state index is 0.00366. The lowest BCUT2D eigenvalue weighted by Crippen LogP contribution is -2.37. The first-order valence-corrected chi connectivity index (χ1v) is 17.1. The molecule has 0 radical (unpaired) electrons. The van der Waals surface area contributed by atoms with Crippen LogP contribution in [0.15, 0.2) is 60.7 Å². The quantitative estimate of drug-likeness (QED) is 0.185. The third-order valence-corrected chi connectivity index (χ3v) is 10.3. The fourth-order valence-corrected chi connectivity index (χ4v) is 7.56. The van der Waals surface area contributed by atoms with Crippen molar-refractivity contribution in [2.24, 2.45) is 0 Å². The molecule has 8 rings (SSSR count). The van der Waals surface area contributed by atoms with Gasteiger partial charge < -0.3 is 30.7 Å². The fraction of sp³-hybridized carbons (Fsp3) is 0.333. The number of rotatable bonds is 9. The number of nitrogens with zero attached hydrogens (tertiary/aromatic N) is 2. The lowest BCUT2D eigenvalue weighted by molar-refractivity contribution is -0.120. The molecule has 2 fully saturated rings. The van der Waals surface area contributed by atoms with Gasteiger partial charge in [0.15, 0.2) is 0 Å². The number of hydrogen-bond donors (Lipinski definition) is 4. The number of benzene rings is 2. The molecular weight excluding hydrogens is 651 g/mol. The molecule has 2 aromatic carbocycles. The first-order chi connectivity index (χ1) is 23.4. The van der Waals surface area contributed by atoms with E-state index >= 15 is 0 Å². The van der Waals surface area contributed by atoms with E-state index in [1.807, 2.05) is 60.7 Å². The van der Waals surface area contributed by atoms with Crippen molar-refractivity contribution >= 4 is 35.0 Å². The summed E-state index contributed by atoms with van der Waals surface area (Å²) in [6, 6.07) is 19.9. The summed E-state index contributed by atoms with van der Waals surface area (Å²) in [5, 5.41) is 14.1.